The molecule has 96 valence electrons. The Kier molecular flexibility index (Phi) is 5.10. The van der Waals surface area contributed by atoms with Crippen LogP contribution in [-0.4, -0.2) is 35.0 Å². The minimum atomic E-state index is -0.606. The van der Waals surface area contributed by atoms with E-state index in [1.807, 2.05) is 12.1 Å². The maximum atomic E-state index is 10.8. The SMILES string of the molecule is CN(C)N=Nc1nc[nH]c1C(N)=O.c1ccoc1. The molecule has 8 heteroatoms. The van der Waals surface area contributed by atoms with E-state index in [2.05, 4.69) is 24.7 Å². The van der Waals surface area contributed by atoms with Gasteiger partial charge in [0.05, 0.1) is 18.9 Å². The fourth-order valence-electron chi connectivity index (χ4n) is 0.903. The molecule has 0 aliphatic carbocycles. The number of imidazole rings is 1. The highest BCUT2D eigenvalue weighted by Crippen LogP contribution is 2.12. The van der Waals surface area contributed by atoms with E-state index in [1.165, 1.54) is 11.3 Å². The first-order chi connectivity index (χ1) is 8.61. The maximum Gasteiger partial charge on any atom is 0.269 e. The second kappa shape index (κ2) is 6.84. The van der Waals surface area contributed by atoms with Crippen LogP contribution in [-0.2, 0) is 0 Å². The van der Waals surface area contributed by atoms with E-state index in [9.17, 15) is 4.79 Å². The van der Waals surface area contributed by atoms with Crippen molar-refractivity contribution in [2.24, 2.45) is 16.1 Å². The number of H-pyrrole nitrogens is 1. The molecule has 0 saturated carbocycles. The summed E-state index contributed by atoms with van der Waals surface area (Å²) in [4.78, 5) is 17.1. The zero-order chi connectivity index (χ0) is 13.4. The Labute approximate surface area is 103 Å². The number of aromatic nitrogens is 2. The van der Waals surface area contributed by atoms with E-state index in [-0.39, 0.29) is 11.5 Å². The van der Waals surface area contributed by atoms with Crippen molar-refractivity contribution >= 4 is 11.7 Å². The molecule has 0 aliphatic rings. The Hall–Kier alpha value is -2.64. The summed E-state index contributed by atoms with van der Waals surface area (Å²) in [7, 11) is 3.42. The van der Waals surface area contributed by atoms with Gasteiger partial charge in [0.25, 0.3) is 5.91 Å². The topological polar surface area (TPSA) is 113 Å². The number of nitrogens with two attached hydrogens (primary N) is 1. The Morgan fingerprint density at radius 3 is 2.56 bits per heavy atom. The number of hydrogen-bond donors (Lipinski definition) is 2. The smallest absolute Gasteiger partial charge is 0.269 e. The van der Waals surface area contributed by atoms with Crippen molar-refractivity contribution in [3.63, 3.8) is 0 Å². The highest BCUT2D eigenvalue weighted by Gasteiger charge is 2.09. The molecular formula is C10H14N6O2. The van der Waals surface area contributed by atoms with E-state index >= 15 is 0 Å². The summed E-state index contributed by atoms with van der Waals surface area (Å²) in [6, 6.07) is 3.67. The zero-order valence-corrected chi connectivity index (χ0v) is 10.1. The average Bonchev–Trinajstić information content (AvgIpc) is 3.00. The number of amides is 1. The Morgan fingerprint density at radius 2 is 2.11 bits per heavy atom. The van der Waals surface area contributed by atoms with Gasteiger partial charge in [-0.05, 0) is 12.1 Å². The molecule has 2 rings (SSSR count). The van der Waals surface area contributed by atoms with Gasteiger partial charge in [-0.25, -0.2) is 4.98 Å². The van der Waals surface area contributed by atoms with Crippen LogP contribution in [0.1, 0.15) is 10.5 Å². The van der Waals surface area contributed by atoms with Crippen molar-refractivity contribution < 1.29 is 9.21 Å². The van der Waals surface area contributed by atoms with Gasteiger partial charge in [0.15, 0.2) is 5.69 Å². The van der Waals surface area contributed by atoms with Gasteiger partial charge in [-0.15, -0.1) is 5.11 Å². The first kappa shape index (κ1) is 13.4. The van der Waals surface area contributed by atoms with E-state index in [0.29, 0.717) is 0 Å². The molecule has 2 aromatic rings. The lowest BCUT2D eigenvalue weighted by Gasteiger charge is -1.98. The van der Waals surface area contributed by atoms with Crippen molar-refractivity contribution in [2.75, 3.05) is 14.1 Å². The molecule has 0 aromatic carbocycles. The number of carbonyl (C=O) groups excluding carboxylic acids is 1. The van der Waals surface area contributed by atoms with Crippen LogP contribution >= 0.6 is 0 Å². The number of rotatable bonds is 3. The molecule has 0 fully saturated rings. The molecule has 3 N–H and O–H groups in total. The van der Waals surface area contributed by atoms with Crippen molar-refractivity contribution in [1.82, 2.24) is 15.0 Å². The molecule has 8 nitrogen and oxygen atoms in total. The predicted octanol–water partition coefficient (Wildman–Crippen LogP) is 1.35. The number of nitrogens with zero attached hydrogens (tertiary/aromatic N) is 4. The molecule has 0 bridgehead atoms. The highest BCUT2D eigenvalue weighted by molar-refractivity contribution is 5.94. The molecular weight excluding hydrogens is 236 g/mol. The lowest BCUT2D eigenvalue weighted by atomic mass is 10.4. The summed E-state index contributed by atoms with van der Waals surface area (Å²) in [6.45, 7) is 0. The van der Waals surface area contributed by atoms with E-state index < -0.39 is 5.91 Å². The van der Waals surface area contributed by atoms with E-state index in [1.54, 1.807) is 26.6 Å². The van der Waals surface area contributed by atoms with Gasteiger partial charge in [0, 0.05) is 14.1 Å². The van der Waals surface area contributed by atoms with Gasteiger partial charge in [0.1, 0.15) is 0 Å². The Bertz CT molecular complexity index is 471. The second-order valence-corrected chi connectivity index (χ2v) is 3.30. The van der Waals surface area contributed by atoms with Crippen LogP contribution in [0.25, 0.3) is 0 Å². The third-order valence-electron chi connectivity index (χ3n) is 1.61. The number of hydrogen-bond acceptors (Lipinski definition) is 5. The highest BCUT2D eigenvalue weighted by atomic mass is 16.3. The average molecular weight is 250 g/mol. The molecule has 2 aromatic heterocycles. The predicted molar refractivity (Wildman–Crippen MR) is 64.0 cm³/mol. The molecule has 0 saturated heterocycles. The minimum absolute atomic E-state index is 0.158. The third-order valence-corrected chi connectivity index (χ3v) is 1.61. The van der Waals surface area contributed by atoms with Gasteiger partial charge >= 0.3 is 0 Å². The number of aromatic amines is 1. The minimum Gasteiger partial charge on any atom is -0.473 e. The van der Waals surface area contributed by atoms with Crippen LogP contribution in [0.15, 0.2) is 45.7 Å². The maximum absolute atomic E-state index is 10.8. The summed E-state index contributed by atoms with van der Waals surface area (Å²) < 4.78 is 4.58. The fourth-order valence-corrected chi connectivity index (χ4v) is 0.903. The lowest BCUT2D eigenvalue weighted by molar-refractivity contribution is 0.0996. The summed E-state index contributed by atoms with van der Waals surface area (Å²) in [5.74, 6) is -0.411. The summed E-state index contributed by atoms with van der Waals surface area (Å²) in [5, 5.41) is 8.86. The van der Waals surface area contributed by atoms with Crippen LogP contribution in [0.5, 0.6) is 0 Å². The normalized spacial score (nSPS) is 9.89. The molecule has 0 unspecified atom stereocenters. The number of primary amides is 1. The molecule has 0 aliphatic heterocycles. The monoisotopic (exact) mass is 250 g/mol. The number of nitrogens with one attached hydrogen (secondary N) is 1. The third kappa shape index (κ3) is 4.47. The first-order valence-electron chi connectivity index (χ1n) is 5.00. The summed E-state index contributed by atoms with van der Waals surface area (Å²) >= 11 is 0. The van der Waals surface area contributed by atoms with Crippen LogP contribution in [0.2, 0.25) is 0 Å². The van der Waals surface area contributed by atoms with Crippen molar-refractivity contribution in [3.05, 3.63) is 36.7 Å². The largest absolute Gasteiger partial charge is 0.473 e. The van der Waals surface area contributed by atoms with Crippen molar-refractivity contribution in [2.45, 2.75) is 0 Å². The Balaban J connectivity index is 0.000000269. The first-order valence-corrected chi connectivity index (χ1v) is 5.00. The second-order valence-electron chi connectivity index (χ2n) is 3.30. The van der Waals surface area contributed by atoms with Crippen LogP contribution in [0.3, 0.4) is 0 Å². The fraction of sp³-hybridized carbons (Fsp3) is 0.200. The Morgan fingerprint density at radius 1 is 1.44 bits per heavy atom. The molecule has 2 heterocycles. The molecule has 18 heavy (non-hydrogen) atoms. The standard InChI is InChI=1S/C6H10N6O.C4H4O/c1-12(2)11-10-6-4(5(7)13)8-3-9-6;1-2-4-5-3-1/h3H,1-2H3,(H2,7,13)(H,8,9);1-4H. The molecule has 0 radical (unpaired) electrons. The zero-order valence-electron chi connectivity index (χ0n) is 10.1. The van der Waals surface area contributed by atoms with Gasteiger partial charge in [-0.1, -0.05) is 5.22 Å². The van der Waals surface area contributed by atoms with Crippen molar-refractivity contribution in [3.8, 4) is 0 Å². The lowest BCUT2D eigenvalue weighted by Crippen LogP contribution is -2.11. The van der Waals surface area contributed by atoms with Crippen molar-refractivity contribution in [1.29, 1.82) is 0 Å². The number of carbonyl (C=O) groups is 1. The van der Waals surface area contributed by atoms with Gasteiger partial charge in [0.2, 0.25) is 5.82 Å². The van der Waals surface area contributed by atoms with Gasteiger partial charge < -0.3 is 15.1 Å². The van der Waals surface area contributed by atoms with Gasteiger partial charge in [-0.2, -0.15) is 0 Å². The summed E-state index contributed by atoms with van der Waals surface area (Å²) in [6.07, 6.45) is 4.59. The van der Waals surface area contributed by atoms with Crippen LogP contribution < -0.4 is 5.73 Å². The quantitative estimate of drug-likeness (QED) is 0.632. The van der Waals surface area contributed by atoms with E-state index in [4.69, 9.17) is 5.73 Å². The molecule has 1 amide bonds. The molecule has 0 spiro atoms. The van der Waals surface area contributed by atoms with Crippen LogP contribution in [0.4, 0.5) is 5.82 Å². The van der Waals surface area contributed by atoms with Gasteiger partial charge in [-0.3, -0.25) is 9.80 Å². The van der Waals surface area contributed by atoms with Crippen LogP contribution in [0, 0.1) is 0 Å². The van der Waals surface area contributed by atoms with E-state index in [0.717, 1.165) is 0 Å². The summed E-state index contributed by atoms with van der Waals surface area (Å²) in [5.41, 5.74) is 5.20. The molecule has 0 atom stereocenters. The number of furan rings is 1.